The van der Waals surface area contributed by atoms with Crippen LogP contribution in [0.1, 0.15) is 46.0 Å². The lowest BCUT2D eigenvalue weighted by Crippen LogP contribution is -2.67. The molecule has 2 nitrogen and oxygen atoms in total. The van der Waals surface area contributed by atoms with Gasteiger partial charge in [0.15, 0.2) is 0 Å². The van der Waals surface area contributed by atoms with E-state index < -0.39 is 0 Å². The predicted molar refractivity (Wildman–Crippen MR) is 59.3 cm³/mol. The van der Waals surface area contributed by atoms with E-state index in [9.17, 15) is 4.79 Å². The zero-order valence-electron chi connectivity index (χ0n) is 9.75. The van der Waals surface area contributed by atoms with Crippen LogP contribution in [-0.4, -0.2) is 11.3 Å². The van der Waals surface area contributed by atoms with Crippen LogP contribution in [0, 0.1) is 23.2 Å². The molecule has 4 aliphatic carbocycles. The van der Waals surface area contributed by atoms with Crippen molar-refractivity contribution in [3.8, 4) is 0 Å². The highest BCUT2D eigenvalue weighted by Crippen LogP contribution is 2.63. The first-order valence-corrected chi connectivity index (χ1v) is 6.22. The van der Waals surface area contributed by atoms with Crippen LogP contribution in [-0.2, 0) is 4.79 Å². The lowest BCUT2D eigenvalue weighted by molar-refractivity contribution is -0.150. The van der Waals surface area contributed by atoms with Gasteiger partial charge in [0.25, 0.3) is 0 Å². The molecule has 0 heterocycles. The molecule has 3 atom stereocenters. The Morgan fingerprint density at radius 1 is 1.20 bits per heavy atom. The van der Waals surface area contributed by atoms with Gasteiger partial charge < -0.3 is 5.73 Å². The fourth-order valence-electron chi connectivity index (χ4n) is 5.57. The fourth-order valence-corrected chi connectivity index (χ4v) is 5.57. The smallest absolute Gasteiger partial charge is 0.135 e. The quantitative estimate of drug-likeness (QED) is 0.715. The van der Waals surface area contributed by atoms with Crippen molar-refractivity contribution >= 4 is 5.78 Å². The number of rotatable bonds is 1. The van der Waals surface area contributed by atoms with Gasteiger partial charge in [0.1, 0.15) is 5.78 Å². The summed E-state index contributed by atoms with van der Waals surface area (Å²) in [5.74, 6) is 2.09. The van der Waals surface area contributed by atoms with Gasteiger partial charge in [-0.2, -0.15) is 0 Å². The molecule has 0 aromatic heterocycles. The van der Waals surface area contributed by atoms with Crippen molar-refractivity contribution in [1.82, 2.24) is 0 Å². The van der Waals surface area contributed by atoms with E-state index in [1.165, 1.54) is 19.3 Å². The van der Waals surface area contributed by atoms with Crippen molar-refractivity contribution < 1.29 is 4.79 Å². The van der Waals surface area contributed by atoms with Gasteiger partial charge in [-0.1, -0.05) is 6.92 Å². The Morgan fingerprint density at radius 3 is 2.13 bits per heavy atom. The Morgan fingerprint density at radius 2 is 1.73 bits per heavy atom. The first-order valence-electron chi connectivity index (χ1n) is 6.22. The van der Waals surface area contributed by atoms with E-state index in [0.29, 0.717) is 5.78 Å². The van der Waals surface area contributed by atoms with Gasteiger partial charge in [0, 0.05) is 11.5 Å². The standard InChI is InChI=1S/C13H21NO/c1-8(15)11-12(2)4-9-3-10(5-12)7-13(11,14)6-9/h9-11H,3-7,14H2,1-2H3. The minimum atomic E-state index is -0.148. The first kappa shape index (κ1) is 9.83. The van der Waals surface area contributed by atoms with Crippen LogP contribution >= 0.6 is 0 Å². The van der Waals surface area contributed by atoms with Crippen molar-refractivity contribution in [2.45, 2.75) is 51.5 Å². The molecule has 4 aliphatic rings. The molecule has 0 aromatic carbocycles. The van der Waals surface area contributed by atoms with Crippen molar-refractivity contribution in [3.05, 3.63) is 0 Å². The van der Waals surface area contributed by atoms with E-state index >= 15 is 0 Å². The molecule has 84 valence electrons. The average Bonchev–Trinajstić information content (AvgIpc) is 1.94. The number of ketones is 1. The summed E-state index contributed by atoms with van der Waals surface area (Å²) in [7, 11) is 0. The van der Waals surface area contributed by atoms with Crippen LogP contribution in [0.3, 0.4) is 0 Å². The molecule has 15 heavy (non-hydrogen) atoms. The normalized spacial score (nSPS) is 57.1. The van der Waals surface area contributed by atoms with Gasteiger partial charge in [-0.25, -0.2) is 0 Å². The molecule has 0 spiro atoms. The summed E-state index contributed by atoms with van der Waals surface area (Å²) in [6.45, 7) is 4.05. The molecule has 4 bridgehead atoms. The van der Waals surface area contributed by atoms with Gasteiger partial charge in [-0.05, 0) is 56.3 Å². The van der Waals surface area contributed by atoms with E-state index in [0.717, 1.165) is 24.7 Å². The molecule has 0 amide bonds. The fraction of sp³-hybridized carbons (Fsp3) is 0.923. The van der Waals surface area contributed by atoms with E-state index in [2.05, 4.69) is 6.92 Å². The summed E-state index contributed by atoms with van der Waals surface area (Å²) in [6, 6.07) is 0. The maximum Gasteiger partial charge on any atom is 0.135 e. The minimum Gasteiger partial charge on any atom is -0.324 e. The van der Waals surface area contributed by atoms with Crippen LogP contribution in [0.4, 0.5) is 0 Å². The lowest BCUT2D eigenvalue weighted by Gasteiger charge is -2.64. The topological polar surface area (TPSA) is 43.1 Å². The number of carbonyl (C=O) groups is 1. The summed E-state index contributed by atoms with van der Waals surface area (Å²) >= 11 is 0. The Balaban J connectivity index is 2.05. The van der Waals surface area contributed by atoms with Gasteiger partial charge >= 0.3 is 0 Å². The minimum absolute atomic E-state index is 0.137. The van der Waals surface area contributed by atoms with E-state index in [1.54, 1.807) is 6.92 Å². The molecule has 0 radical (unpaired) electrons. The lowest BCUT2D eigenvalue weighted by atomic mass is 9.42. The zero-order chi connectivity index (χ0) is 10.8. The number of carbonyl (C=O) groups excluding carboxylic acids is 1. The Bertz CT molecular complexity index is 286. The Kier molecular flexibility index (Phi) is 1.74. The molecule has 3 unspecified atom stereocenters. The maximum absolute atomic E-state index is 11.9. The van der Waals surface area contributed by atoms with E-state index in [4.69, 9.17) is 5.73 Å². The summed E-state index contributed by atoms with van der Waals surface area (Å²) in [4.78, 5) is 11.9. The number of hydrogen-bond acceptors (Lipinski definition) is 2. The van der Waals surface area contributed by atoms with E-state index in [-0.39, 0.29) is 16.9 Å². The third kappa shape index (κ3) is 1.17. The van der Waals surface area contributed by atoms with E-state index in [1.807, 2.05) is 0 Å². The Labute approximate surface area is 91.6 Å². The van der Waals surface area contributed by atoms with Crippen LogP contribution in [0.15, 0.2) is 0 Å². The second-order valence-electron chi connectivity index (χ2n) is 6.72. The molecular formula is C13H21NO. The highest BCUT2D eigenvalue weighted by molar-refractivity contribution is 5.81. The van der Waals surface area contributed by atoms with Gasteiger partial charge in [-0.15, -0.1) is 0 Å². The van der Waals surface area contributed by atoms with Crippen molar-refractivity contribution in [3.63, 3.8) is 0 Å². The molecule has 0 saturated heterocycles. The van der Waals surface area contributed by atoms with Gasteiger partial charge in [-0.3, -0.25) is 4.79 Å². The molecule has 4 rings (SSSR count). The summed E-state index contributed by atoms with van der Waals surface area (Å²) in [6.07, 6.45) is 6.06. The molecule has 2 N–H and O–H groups in total. The third-order valence-electron chi connectivity index (χ3n) is 5.19. The highest BCUT2D eigenvalue weighted by atomic mass is 16.1. The van der Waals surface area contributed by atoms with Crippen molar-refractivity contribution in [2.75, 3.05) is 0 Å². The van der Waals surface area contributed by atoms with Gasteiger partial charge in [0.05, 0.1) is 0 Å². The number of Topliss-reactive ketones (excluding diaryl/α,β-unsaturated/α-hetero) is 1. The average molecular weight is 207 g/mol. The molecule has 0 aliphatic heterocycles. The number of hydrogen-bond donors (Lipinski definition) is 1. The highest BCUT2D eigenvalue weighted by Gasteiger charge is 2.61. The van der Waals surface area contributed by atoms with Crippen molar-refractivity contribution in [1.29, 1.82) is 0 Å². The first-order chi connectivity index (χ1) is 6.93. The second-order valence-corrected chi connectivity index (χ2v) is 6.72. The monoisotopic (exact) mass is 207 g/mol. The van der Waals surface area contributed by atoms with Crippen LogP contribution < -0.4 is 5.73 Å². The zero-order valence-corrected chi connectivity index (χ0v) is 9.75. The number of nitrogens with two attached hydrogens (primary N) is 1. The van der Waals surface area contributed by atoms with Crippen LogP contribution in [0.25, 0.3) is 0 Å². The largest absolute Gasteiger partial charge is 0.324 e. The van der Waals surface area contributed by atoms with Crippen molar-refractivity contribution in [2.24, 2.45) is 28.9 Å². The molecule has 2 heteroatoms. The van der Waals surface area contributed by atoms with Crippen LogP contribution in [0.5, 0.6) is 0 Å². The predicted octanol–water partition coefficient (Wildman–Crippen LogP) is 2.12. The molecular weight excluding hydrogens is 186 g/mol. The van der Waals surface area contributed by atoms with Crippen LogP contribution in [0.2, 0.25) is 0 Å². The summed E-state index contributed by atoms with van der Waals surface area (Å²) in [5, 5.41) is 0. The maximum atomic E-state index is 11.9. The van der Waals surface area contributed by atoms with Gasteiger partial charge in [0.2, 0.25) is 0 Å². The second kappa shape index (κ2) is 2.65. The summed E-state index contributed by atoms with van der Waals surface area (Å²) < 4.78 is 0. The summed E-state index contributed by atoms with van der Waals surface area (Å²) in [5.41, 5.74) is 6.61. The third-order valence-corrected chi connectivity index (χ3v) is 5.19. The molecule has 0 aromatic rings. The molecule has 4 saturated carbocycles. The SMILES string of the molecule is CC(=O)C1C2(C)CC3CC(C2)CC1(N)C3. The molecule has 4 fully saturated rings. The Hall–Kier alpha value is -0.370.